The highest BCUT2D eigenvalue weighted by Gasteiger charge is 2.19. The van der Waals surface area contributed by atoms with Crippen LogP contribution in [-0.2, 0) is 13.0 Å². The van der Waals surface area contributed by atoms with E-state index < -0.39 is 0 Å². The Labute approximate surface area is 147 Å². The Morgan fingerprint density at radius 3 is 2.83 bits per heavy atom. The molecule has 0 N–H and O–H groups in total. The first-order valence-corrected chi connectivity index (χ1v) is 9.26. The number of aryl methyl sites for hydroxylation is 2. The van der Waals surface area contributed by atoms with Crippen LogP contribution < -0.4 is 0 Å². The topological polar surface area (TPSA) is 47.8 Å². The van der Waals surface area contributed by atoms with Crippen LogP contribution in [0, 0.1) is 5.82 Å². The molecule has 2 heterocycles. The summed E-state index contributed by atoms with van der Waals surface area (Å²) in [5.41, 5.74) is 0.501. The smallest absolute Gasteiger partial charge is 0.191 e. The number of hydrogen-bond donors (Lipinski definition) is 0. The highest BCUT2D eigenvalue weighted by Crippen LogP contribution is 2.24. The minimum absolute atomic E-state index is 0.0483. The maximum Gasteiger partial charge on any atom is 0.191 e. The van der Waals surface area contributed by atoms with E-state index in [0.717, 1.165) is 18.1 Å². The van der Waals surface area contributed by atoms with Crippen LogP contribution in [0.25, 0.3) is 0 Å². The molecule has 0 amide bonds. The van der Waals surface area contributed by atoms with Crippen molar-refractivity contribution in [3.05, 3.63) is 64.4 Å². The molecule has 7 heteroatoms. The molecule has 3 rings (SSSR count). The molecule has 0 aliphatic carbocycles. The van der Waals surface area contributed by atoms with Crippen molar-refractivity contribution in [3.63, 3.8) is 0 Å². The third-order valence-corrected chi connectivity index (χ3v) is 5.57. The average Bonchev–Trinajstić information content (AvgIpc) is 3.24. The van der Waals surface area contributed by atoms with Gasteiger partial charge in [-0.2, -0.15) is 0 Å². The van der Waals surface area contributed by atoms with Gasteiger partial charge in [0.15, 0.2) is 10.9 Å². The van der Waals surface area contributed by atoms with E-state index in [9.17, 15) is 9.18 Å². The van der Waals surface area contributed by atoms with Crippen LogP contribution in [0.3, 0.4) is 0 Å². The summed E-state index contributed by atoms with van der Waals surface area (Å²) < 4.78 is 14.9. The van der Waals surface area contributed by atoms with Gasteiger partial charge in [0, 0.05) is 17.0 Å². The molecule has 124 valence electrons. The molecule has 4 nitrogen and oxygen atoms in total. The molecule has 0 spiro atoms. The number of ketones is 1. The standard InChI is InChI=1S/C17H16FN3OS2/c1-12(16(22)13-4-6-14(18)7-5-13)24-17-20-19-11-21(17)9-8-15-3-2-10-23-15/h2-7,10-12H,8-9H2,1H3. The first kappa shape index (κ1) is 16.9. The van der Waals surface area contributed by atoms with Crippen LogP contribution in [0.5, 0.6) is 0 Å². The zero-order valence-corrected chi connectivity index (χ0v) is 14.7. The van der Waals surface area contributed by atoms with E-state index in [4.69, 9.17) is 0 Å². The fourth-order valence-electron chi connectivity index (χ4n) is 2.23. The number of carbonyl (C=O) groups excluding carboxylic acids is 1. The monoisotopic (exact) mass is 361 g/mol. The quantitative estimate of drug-likeness (QED) is 0.470. The first-order valence-electron chi connectivity index (χ1n) is 7.50. The van der Waals surface area contributed by atoms with E-state index in [-0.39, 0.29) is 16.9 Å². The fraction of sp³-hybridized carbons (Fsp3) is 0.235. The number of thiophene rings is 1. The number of thioether (sulfide) groups is 1. The Kier molecular flexibility index (Phi) is 5.42. The van der Waals surface area contributed by atoms with E-state index in [2.05, 4.69) is 21.6 Å². The first-order chi connectivity index (χ1) is 11.6. The molecule has 0 aliphatic heterocycles. The van der Waals surface area contributed by atoms with Crippen molar-refractivity contribution in [1.82, 2.24) is 14.8 Å². The second-order valence-corrected chi connectivity index (χ2v) is 7.61. The van der Waals surface area contributed by atoms with Gasteiger partial charge < -0.3 is 4.57 Å². The molecule has 0 saturated heterocycles. The lowest BCUT2D eigenvalue weighted by Crippen LogP contribution is -2.15. The summed E-state index contributed by atoms with van der Waals surface area (Å²) in [5, 5.41) is 10.5. The van der Waals surface area contributed by atoms with Crippen LogP contribution >= 0.6 is 23.1 Å². The second kappa shape index (κ2) is 7.72. The molecular formula is C17H16FN3OS2. The molecule has 24 heavy (non-hydrogen) atoms. The van der Waals surface area contributed by atoms with E-state index in [1.165, 1.54) is 40.9 Å². The lowest BCUT2D eigenvalue weighted by Gasteiger charge is -2.11. The number of Topliss-reactive ketones (excluding diaryl/α,β-unsaturated/α-hetero) is 1. The van der Waals surface area contributed by atoms with Gasteiger partial charge in [-0.15, -0.1) is 21.5 Å². The SMILES string of the molecule is CC(Sc1nncn1CCc1cccs1)C(=O)c1ccc(F)cc1. The summed E-state index contributed by atoms with van der Waals surface area (Å²) in [4.78, 5) is 13.7. The van der Waals surface area contributed by atoms with Crippen molar-refractivity contribution in [2.75, 3.05) is 0 Å². The number of carbonyl (C=O) groups is 1. The normalized spacial score (nSPS) is 12.2. The molecule has 2 aromatic heterocycles. The van der Waals surface area contributed by atoms with Gasteiger partial charge in [-0.05, 0) is 49.1 Å². The third kappa shape index (κ3) is 4.10. The molecule has 0 fully saturated rings. The zero-order chi connectivity index (χ0) is 16.9. The number of aromatic nitrogens is 3. The van der Waals surface area contributed by atoms with Gasteiger partial charge in [-0.3, -0.25) is 4.79 Å². The van der Waals surface area contributed by atoms with Gasteiger partial charge >= 0.3 is 0 Å². The lowest BCUT2D eigenvalue weighted by atomic mass is 10.1. The summed E-state index contributed by atoms with van der Waals surface area (Å²) in [7, 11) is 0. The van der Waals surface area contributed by atoms with Gasteiger partial charge in [-0.1, -0.05) is 17.8 Å². The molecule has 1 unspecified atom stereocenters. The summed E-state index contributed by atoms with van der Waals surface area (Å²) in [5.74, 6) is -0.395. The predicted molar refractivity (Wildman–Crippen MR) is 94.1 cm³/mol. The number of rotatable bonds is 7. The van der Waals surface area contributed by atoms with Crippen LogP contribution in [0.2, 0.25) is 0 Å². The second-order valence-electron chi connectivity index (χ2n) is 5.27. The predicted octanol–water partition coefficient (Wildman–Crippen LogP) is 4.08. The Balaban J connectivity index is 1.64. The lowest BCUT2D eigenvalue weighted by molar-refractivity contribution is 0.0994. The van der Waals surface area contributed by atoms with Crippen molar-refractivity contribution in [2.24, 2.45) is 0 Å². The average molecular weight is 361 g/mol. The number of hydrogen-bond acceptors (Lipinski definition) is 5. The Bertz CT molecular complexity index is 800. The van der Waals surface area contributed by atoms with Gasteiger partial charge in [0.05, 0.1) is 5.25 Å². The third-order valence-electron chi connectivity index (χ3n) is 3.54. The fourth-order valence-corrected chi connectivity index (χ4v) is 3.86. The molecule has 0 radical (unpaired) electrons. The van der Waals surface area contributed by atoms with Crippen LogP contribution in [0.15, 0.2) is 53.3 Å². The molecule has 3 aromatic rings. The summed E-state index contributed by atoms with van der Waals surface area (Å²) >= 11 is 3.09. The summed E-state index contributed by atoms with van der Waals surface area (Å²) in [6.45, 7) is 2.60. The number of benzene rings is 1. The summed E-state index contributed by atoms with van der Waals surface area (Å²) in [6.07, 6.45) is 2.59. The maximum atomic E-state index is 13.0. The van der Waals surface area contributed by atoms with Gasteiger partial charge in [0.25, 0.3) is 0 Å². The Hall–Kier alpha value is -1.99. The Morgan fingerprint density at radius 1 is 1.33 bits per heavy atom. The van der Waals surface area contributed by atoms with Crippen molar-refractivity contribution < 1.29 is 9.18 Å². The highest BCUT2D eigenvalue weighted by atomic mass is 32.2. The minimum Gasteiger partial charge on any atom is -0.308 e. The van der Waals surface area contributed by atoms with Crippen LogP contribution in [0.1, 0.15) is 22.2 Å². The molecule has 0 bridgehead atoms. The van der Waals surface area contributed by atoms with Crippen molar-refractivity contribution in [2.45, 2.75) is 30.3 Å². The highest BCUT2D eigenvalue weighted by molar-refractivity contribution is 8.00. The van der Waals surface area contributed by atoms with E-state index in [1.54, 1.807) is 17.7 Å². The molecule has 0 aliphatic rings. The molecule has 1 atom stereocenters. The van der Waals surface area contributed by atoms with E-state index in [0.29, 0.717) is 5.56 Å². The zero-order valence-electron chi connectivity index (χ0n) is 13.1. The van der Waals surface area contributed by atoms with Gasteiger partial charge in [-0.25, -0.2) is 4.39 Å². The molecule has 1 aromatic carbocycles. The number of halogens is 1. The summed E-state index contributed by atoms with van der Waals surface area (Å²) in [6, 6.07) is 9.75. The van der Waals surface area contributed by atoms with Crippen LogP contribution in [0.4, 0.5) is 4.39 Å². The minimum atomic E-state index is -0.347. The van der Waals surface area contributed by atoms with Crippen molar-refractivity contribution in [3.8, 4) is 0 Å². The van der Waals surface area contributed by atoms with E-state index in [1.807, 2.05) is 17.6 Å². The van der Waals surface area contributed by atoms with Gasteiger partial charge in [0.1, 0.15) is 12.1 Å². The van der Waals surface area contributed by atoms with E-state index >= 15 is 0 Å². The van der Waals surface area contributed by atoms with Crippen LogP contribution in [-0.4, -0.2) is 25.8 Å². The molecular weight excluding hydrogens is 345 g/mol. The molecule has 0 saturated carbocycles. The number of nitrogens with zero attached hydrogens (tertiary/aromatic N) is 3. The maximum absolute atomic E-state index is 13.0. The Morgan fingerprint density at radius 2 is 2.12 bits per heavy atom. The van der Waals surface area contributed by atoms with Crippen molar-refractivity contribution in [1.29, 1.82) is 0 Å². The van der Waals surface area contributed by atoms with Crippen molar-refractivity contribution >= 4 is 28.9 Å². The van der Waals surface area contributed by atoms with Gasteiger partial charge in [0.2, 0.25) is 0 Å². The largest absolute Gasteiger partial charge is 0.308 e.